The van der Waals surface area contributed by atoms with Crippen LogP contribution in [0.4, 0.5) is 13.2 Å². The van der Waals surface area contributed by atoms with E-state index in [1.807, 2.05) is 0 Å². The highest BCUT2D eigenvalue weighted by Gasteiger charge is 2.31. The van der Waals surface area contributed by atoms with E-state index in [-0.39, 0.29) is 24.1 Å². The first-order valence-electron chi connectivity index (χ1n) is 5.84. The van der Waals surface area contributed by atoms with Gasteiger partial charge in [-0.25, -0.2) is 0 Å². The van der Waals surface area contributed by atoms with E-state index >= 15 is 0 Å². The Hall–Kier alpha value is -1.56. The van der Waals surface area contributed by atoms with Crippen LogP contribution >= 0.6 is 0 Å². The predicted molar refractivity (Wildman–Crippen MR) is 64.6 cm³/mol. The van der Waals surface area contributed by atoms with Gasteiger partial charge in [0.2, 0.25) is 0 Å². The molecule has 0 heterocycles. The Labute approximate surface area is 109 Å². The Kier molecular flexibility index (Phi) is 4.94. The fourth-order valence-electron chi connectivity index (χ4n) is 1.43. The van der Waals surface area contributed by atoms with Crippen LogP contribution in [0.3, 0.4) is 0 Å². The Balaban J connectivity index is 2.83. The van der Waals surface area contributed by atoms with Gasteiger partial charge in [-0.1, -0.05) is 13.0 Å². The van der Waals surface area contributed by atoms with Crippen molar-refractivity contribution >= 4 is 5.91 Å². The molecule has 1 rings (SSSR count). The summed E-state index contributed by atoms with van der Waals surface area (Å²) in [5, 5.41) is 11.5. The normalized spacial score (nSPS) is 14.8. The number of aliphatic hydroxyl groups excluding tert-OH is 1. The van der Waals surface area contributed by atoms with Gasteiger partial charge in [0.25, 0.3) is 5.91 Å². The number of carbonyl (C=O) groups is 1. The quantitative estimate of drug-likeness (QED) is 0.886. The number of benzene rings is 1. The zero-order valence-electron chi connectivity index (χ0n) is 10.7. The first kappa shape index (κ1) is 15.5. The average molecular weight is 275 g/mol. The third kappa shape index (κ3) is 4.24. The number of hydrogen-bond acceptors (Lipinski definition) is 2. The molecule has 1 aromatic rings. The van der Waals surface area contributed by atoms with Crippen molar-refractivity contribution in [1.82, 2.24) is 5.32 Å². The van der Waals surface area contributed by atoms with Crippen LogP contribution in [0.1, 0.15) is 29.8 Å². The van der Waals surface area contributed by atoms with E-state index in [1.165, 1.54) is 12.1 Å². The van der Waals surface area contributed by atoms with Crippen LogP contribution < -0.4 is 5.32 Å². The van der Waals surface area contributed by atoms with E-state index in [0.717, 1.165) is 12.1 Å². The highest BCUT2D eigenvalue weighted by molar-refractivity contribution is 5.94. The number of alkyl halides is 3. The second-order valence-corrected chi connectivity index (χ2v) is 4.50. The summed E-state index contributed by atoms with van der Waals surface area (Å²) in [6, 6.07) is 3.91. The molecule has 2 N–H and O–H groups in total. The largest absolute Gasteiger partial charge is 0.416 e. The highest BCUT2D eigenvalue weighted by Crippen LogP contribution is 2.29. The predicted octanol–water partition coefficient (Wildman–Crippen LogP) is 2.45. The minimum absolute atomic E-state index is 0.0492. The standard InChI is InChI=1S/C13H16F3NO2/c1-8(7-18)9(2)17-12(19)10-4-3-5-11(6-10)13(14,15)16/h3-6,8-9,18H,7H2,1-2H3,(H,17,19). The Bertz CT molecular complexity index is 446. The lowest BCUT2D eigenvalue weighted by Gasteiger charge is -2.19. The van der Waals surface area contributed by atoms with Gasteiger partial charge in [0.1, 0.15) is 0 Å². The lowest BCUT2D eigenvalue weighted by atomic mass is 10.0. The van der Waals surface area contributed by atoms with Gasteiger partial charge in [0, 0.05) is 18.2 Å². The lowest BCUT2D eigenvalue weighted by Crippen LogP contribution is -2.38. The van der Waals surface area contributed by atoms with Crippen molar-refractivity contribution in [3.63, 3.8) is 0 Å². The fraction of sp³-hybridized carbons (Fsp3) is 0.462. The summed E-state index contributed by atoms with van der Waals surface area (Å²) in [6.07, 6.45) is -4.47. The molecular formula is C13H16F3NO2. The summed E-state index contributed by atoms with van der Waals surface area (Å²) in [5.74, 6) is -0.756. The van der Waals surface area contributed by atoms with Crippen molar-refractivity contribution < 1.29 is 23.1 Å². The molecule has 0 fully saturated rings. The second kappa shape index (κ2) is 6.06. The molecule has 0 radical (unpaired) electrons. The smallest absolute Gasteiger partial charge is 0.396 e. The number of halogens is 3. The summed E-state index contributed by atoms with van der Waals surface area (Å²) < 4.78 is 37.5. The van der Waals surface area contributed by atoms with Gasteiger partial charge in [0.15, 0.2) is 0 Å². The van der Waals surface area contributed by atoms with Crippen molar-refractivity contribution in [3.05, 3.63) is 35.4 Å². The number of carbonyl (C=O) groups excluding carboxylic acids is 1. The number of amides is 1. The molecular weight excluding hydrogens is 259 g/mol. The van der Waals surface area contributed by atoms with E-state index in [2.05, 4.69) is 5.32 Å². The summed E-state index contributed by atoms with van der Waals surface area (Å²) in [6.45, 7) is 3.31. The molecule has 3 nitrogen and oxygen atoms in total. The molecule has 2 unspecified atom stereocenters. The molecule has 0 saturated carbocycles. The molecule has 0 bridgehead atoms. The number of aliphatic hydroxyl groups is 1. The van der Waals surface area contributed by atoms with Crippen molar-refractivity contribution in [1.29, 1.82) is 0 Å². The summed E-state index contributed by atoms with van der Waals surface area (Å²) in [4.78, 5) is 11.8. The third-order valence-corrected chi connectivity index (χ3v) is 2.95. The highest BCUT2D eigenvalue weighted by atomic mass is 19.4. The molecule has 19 heavy (non-hydrogen) atoms. The zero-order valence-corrected chi connectivity index (χ0v) is 10.7. The summed E-state index contributed by atoms with van der Waals surface area (Å²) in [5.41, 5.74) is -0.908. The van der Waals surface area contributed by atoms with Crippen LogP contribution in [0.25, 0.3) is 0 Å². The van der Waals surface area contributed by atoms with Crippen molar-refractivity contribution in [3.8, 4) is 0 Å². The molecule has 1 amide bonds. The van der Waals surface area contributed by atoms with Gasteiger partial charge in [-0.15, -0.1) is 0 Å². The van der Waals surface area contributed by atoms with Crippen LogP contribution in [-0.2, 0) is 6.18 Å². The van der Waals surface area contributed by atoms with E-state index in [4.69, 9.17) is 5.11 Å². The van der Waals surface area contributed by atoms with Gasteiger partial charge in [-0.2, -0.15) is 13.2 Å². The van der Waals surface area contributed by atoms with Crippen molar-refractivity contribution in [2.24, 2.45) is 5.92 Å². The number of hydrogen-bond donors (Lipinski definition) is 2. The van der Waals surface area contributed by atoms with Gasteiger partial charge in [0.05, 0.1) is 5.56 Å². The summed E-state index contributed by atoms with van der Waals surface area (Å²) in [7, 11) is 0. The maximum Gasteiger partial charge on any atom is 0.416 e. The van der Waals surface area contributed by atoms with Crippen molar-refractivity contribution in [2.75, 3.05) is 6.61 Å². The Morgan fingerprint density at radius 2 is 2.00 bits per heavy atom. The topological polar surface area (TPSA) is 49.3 Å². The van der Waals surface area contributed by atoms with Gasteiger partial charge in [-0.3, -0.25) is 4.79 Å². The maximum atomic E-state index is 12.5. The molecule has 2 atom stereocenters. The zero-order chi connectivity index (χ0) is 14.6. The van der Waals surface area contributed by atoms with Crippen molar-refractivity contribution in [2.45, 2.75) is 26.1 Å². The molecule has 0 aliphatic heterocycles. The number of rotatable bonds is 4. The fourth-order valence-corrected chi connectivity index (χ4v) is 1.43. The lowest BCUT2D eigenvalue weighted by molar-refractivity contribution is -0.137. The molecule has 0 aliphatic carbocycles. The summed E-state index contributed by atoms with van der Waals surface area (Å²) >= 11 is 0. The van der Waals surface area contributed by atoms with E-state index < -0.39 is 17.6 Å². The first-order valence-corrected chi connectivity index (χ1v) is 5.84. The third-order valence-electron chi connectivity index (χ3n) is 2.95. The van der Waals surface area contributed by atoms with Crippen LogP contribution in [0.2, 0.25) is 0 Å². The molecule has 0 aliphatic rings. The number of nitrogens with one attached hydrogen (secondary N) is 1. The van der Waals surface area contributed by atoms with Crippen LogP contribution in [0, 0.1) is 5.92 Å². The minimum Gasteiger partial charge on any atom is -0.396 e. The second-order valence-electron chi connectivity index (χ2n) is 4.50. The van der Waals surface area contributed by atoms with E-state index in [1.54, 1.807) is 13.8 Å². The van der Waals surface area contributed by atoms with Gasteiger partial charge >= 0.3 is 6.18 Å². The Morgan fingerprint density at radius 3 is 2.53 bits per heavy atom. The molecule has 0 spiro atoms. The molecule has 6 heteroatoms. The molecule has 106 valence electrons. The van der Waals surface area contributed by atoms with Gasteiger partial charge in [-0.05, 0) is 31.0 Å². The molecule has 1 aromatic carbocycles. The average Bonchev–Trinajstić information content (AvgIpc) is 2.36. The maximum absolute atomic E-state index is 12.5. The molecule has 0 saturated heterocycles. The minimum atomic E-state index is -4.47. The first-order chi connectivity index (χ1) is 8.75. The van der Waals surface area contributed by atoms with Crippen LogP contribution in [0.15, 0.2) is 24.3 Å². The van der Waals surface area contributed by atoms with E-state index in [9.17, 15) is 18.0 Å². The van der Waals surface area contributed by atoms with Crippen LogP contribution in [-0.4, -0.2) is 23.7 Å². The van der Waals surface area contributed by atoms with Crippen LogP contribution in [0.5, 0.6) is 0 Å². The van der Waals surface area contributed by atoms with Gasteiger partial charge < -0.3 is 10.4 Å². The SMILES string of the molecule is CC(CO)C(C)NC(=O)c1cccc(C(F)(F)F)c1. The molecule has 0 aromatic heterocycles. The Morgan fingerprint density at radius 1 is 1.37 bits per heavy atom. The monoisotopic (exact) mass is 275 g/mol. The van der Waals surface area contributed by atoms with E-state index in [0.29, 0.717) is 0 Å².